The predicted molar refractivity (Wildman–Crippen MR) is 186 cm³/mol. The average molecular weight is 621 g/mol. The largest absolute Gasteiger partial charge is 0.497 e. The SMILES string of the molecule is C#C.C#C.C=C(C)/C=C\C.CC.CC[C@H]1CCO[C@@]1(C)OC.COc1ccc(SN(CCCNC(=O)O)CC(C)C)cc1. The van der Waals surface area contributed by atoms with Crippen molar-refractivity contribution in [2.24, 2.45) is 11.8 Å². The zero-order chi connectivity index (χ0) is 34.3. The van der Waals surface area contributed by atoms with Gasteiger partial charge < -0.3 is 24.6 Å². The highest BCUT2D eigenvalue weighted by molar-refractivity contribution is 7.97. The molecular formula is C35H60N2O5S. The molecule has 1 aromatic rings. The van der Waals surface area contributed by atoms with E-state index < -0.39 is 6.09 Å². The second kappa shape index (κ2) is 32.0. The third-order valence-corrected chi connectivity index (χ3v) is 6.74. The number of allylic oxidation sites excluding steroid dienone is 3. The van der Waals surface area contributed by atoms with E-state index in [0.29, 0.717) is 18.4 Å². The van der Waals surface area contributed by atoms with Crippen LogP contribution < -0.4 is 10.1 Å². The molecule has 0 aliphatic carbocycles. The number of ether oxygens (including phenoxy) is 3. The lowest BCUT2D eigenvalue weighted by molar-refractivity contribution is -0.202. The Morgan fingerprint density at radius 3 is 2.14 bits per heavy atom. The standard InChI is InChI=1S/C15H24N2O3S.C8H16O2.C6H10.C2H6.2C2H2/c1-12(2)11-17(10-4-9-16-15(18)19)21-14-7-5-13(20-3)6-8-14;1-4-7-5-6-10-8(7,2)9-3;1-4-5-6(2)3;3*1-2/h5-8,12,16H,4,9-11H2,1-3H3,(H,18,19);7H,4-6H2,1-3H3;4-5H,2H2,1,3H3;1-2H3;2*1-2H/b;;5-4-;;;/t;7-,8+;;;;/m.0..../s1. The molecule has 43 heavy (non-hydrogen) atoms. The van der Waals surface area contributed by atoms with E-state index in [1.54, 1.807) is 26.2 Å². The molecular weight excluding hydrogens is 560 g/mol. The van der Waals surface area contributed by atoms with Gasteiger partial charge in [-0.3, -0.25) is 0 Å². The lowest BCUT2D eigenvalue weighted by Crippen LogP contribution is -2.33. The molecule has 8 heteroatoms. The molecule has 0 radical (unpaired) electrons. The highest BCUT2D eigenvalue weighted by atomic mass is 32.2. The summed E-state index contributed by atoms with van der Waals surface area (Å²) in [6.07, 6.45) is 22.1. The Morgan fingerprint density at radius 2 is 1.79 bits per heavy atom. The Bertz CT molecular complexity index is 862. The van der Waals surface area contributed by atoms with Gasteiger partial charge in [-0.05, 0) is 82.2 Å². The second-order valence-electron chi connectivity index (χ2n) is 9.44. The minimum atomic E-state index is -0.965. The van der Waals surface area contributed by atoms with Gasteiger partial charge >= 0.3 is 6.09 Å². The van der Waals surface area contributed by atoms with Crippen molar-refractivity contribution in [3.63, 3.8) is 0 Å². The monoisotopic (exact) mass is 620 g/mol. The number of hydrogen-bond donors (Lipinski definition) is 2. The van der Waals surface area contributed by atoms with Gasteiger partial charge in [0.2, 0.25) is 0 Å². The van der Waals surface area contributed by atoms with Crippen molar-refractivity contribution >= 4 is 18.0 Å². The zero-order valence-corrected chi connectivity index (χ0v) is 29.3. The Hall–Kier alpha value is -2.88. The van der Waals surface area contributed by atoms with Gasteiger partial charge in [0.05, 0.1) is 13.7 Å². The fourth-order valence-corrected chi connectivity index (χ4v) is 4.84. The van der Waals surface area contributed by atoms with E-state index in [4.69, 9.17) is 19.3 Å². The van der Waals surface area contributed by atoms with E-state index in [0.717, 1.165) is 55.2 Å². The maximum absolute atomic E-state index is 10.4. The van der Waals surface area contributed by atoms with Gasteiger partial charge in [-0.15, -0.1) is 25.7 Å². The van der Waals surface area contributed by atoms with Crippen LogP contribution in [0.3, 0.4) is 0 Å². The first-order valence-corrected chi connectivity index (χ1v) is 15.5. The molecule has 1 aliphatic rings. The summed E-state index contributed by atoms with van der Waals surface area (Å²) in [5.41, 5.74) is 1.11. The summed E-state index contributed by atoms with van der Waals surface area (Å²) in [5.74, 6) is 1.69. The Labute approximate surface area is 269 Å². The van der Waals surface area contributed by atoms with Crippen LogP contribution >= 0.6 is 11.9 Å². The third kappa shape index (κ3) is 26.5. The van der Waals surface area contributed by atoms with Crippen LogP contribution in [0.4, 0.5) is 4.79 Å². The summed E-state index contributed by atoms with van der Waals surface area (Å²) in [4.78, 5) is 11.6. The predicted octanol–water partition coefficient (Wildman–Crippen LogP) is 8.78. The second-order valence-corrected chi connectivity index (χ2v) is 10.6. The van der Waals surface area contributed by atoms with Crippen molar-refractivity contribution in [2.45, 2.75) is 85.3 Å². The molecule has 1 aromatic carbocycles. The van der Waals surface area contributed by atoms with Crippen molar-refractivity contribution in [3.8, 4) is 31.4 Å². The molecule has 1 heterocycles. The normalized spacial score (nSPS) is 16.3. The maximum atomic E-state index is 10.4. The smallest absolute Gasteiger partial charge is 0.404 e. The lowest BCUT2D eigenvalue weighted by Gasteiger charge is -2.27. The van der Waals surface area contributed by atoms with E-state index >= 15 is 0 Å². The lowest BCUT2D eigenvalue weighted by atomic mass is 9.97. The molecule has 7 nitrogen and oxygen atoms in total. The van der Waals surface area contributed by atoms with Crippen LogP contribution in [0, 0.1) is 37.5 Å². The molecule has 0 spiro atoms. The van der Waals surface area contributed by atoms with Crippen LogP contribution in [-0.4, -0.2) is 61.8 Å². The molecule has 246 valence electrons. The minimum absolute atomic E-state index is 0.297. The molecule has 1 fully saturated rings. The first-order valence-electron chi connectivity index (χ1n) is 14.7. The molecule has 1 aliphatic heterocycles. The topological polar surface area (TPSA) is 80.3 Å². The maximum Gasteiger partial charge on any atom is 0.404 e. The van der Waals surface area contributed by atoms with Gasteiger partial charge in [-0.25, -0.2) is 9.10 Å². The van der Waals surface area contributed by atoms with E-state index in [1.807, 2.05) is 71.0 Å². The number of rotatable bonds is 12. The Kier molecular flexibility index (Phi) is 35.1. The van der Waals surface area contributed by atoms with Crippen LogP contribution in [0.15, 0.2) is 53.5 Å². The molecule has 0 unspecified atom stereocenters. The average Bonchev–Trinajstić information content (AvgIpc) is 3.40. The molecule has 0 aromatic heterocycles. The van der Waals surface area contributed by atoms with Crippen LogP contribution in [0.2, 0.25) is 0 Å². The van der Waals surface area contributed by atoms with E-state index in [9.17, 15) is 4.79 Å². The van der Waals surface area contributed by atoms with Gasteiger partial charge in [0.25, 0.3) is 0 Å². The van der Waals surface area contributed by atoms with Crippen molar-refractivity contribution < 1.29 is 24.1 Å². The molecule has 0 saturated carbocycles. The van der Waals surface area contributed by atoms with Crippen molar-refractivity contribution in [1.29, 1.82) is 0 Å². The number of carbonyl (C=O) groups is 1. The summed E-state index contributed by atoms with van der Waals surface area (Å²) in [7, 11) is 3.37. The fourth-order valence-electron chi connectivity index (χ4n) is 3.69. The molecule has 1 amide bonds. The number of nitrogens with zero attached hydrogens (tertiary/aromatic N) is 1. The van der Waals surface area contributed by atoms with Gasteiger partial charge in [0.15, 0.2) is 5.79 Å². The number of terminal acetylenes is 2. The van der Waals surface area contributed by atoms with Crippen molar-refractivity contribution in [3.05, 3.63) is 48.6 Å². The van der Waals surface area contributed by atoms with Crippen LogP contribution in [-0.2, 0) is 9.47 Å². The summed E-state index contributed by atoms with van der Waals surface area (Å²) in [5, 5.41) is 11.0. The Morgan fingerprint density at radius 1 is 1.23 bits per heavy atom. The minimum Gasteiger partial charge on any atom is -0.497 e. The molecule has 2 rings (SSSR count). The number of carboxylic acid groups (broad SMARTS) is 1. The fraction of sp³-hybridized carbons (Fsp3) is 0.571. The van der Waals surface area contributed by atoms with E-state index in [1.165, 1.54) is 0 Å². The molecule has 2 atom stereocenters. The van der Waals surface area contributed by atoms with Gasteiger partial charge in [-0.2, -0.15) is 0 Å². The van der Waals surface area contributed by atoms with Crippen LogP contribution in [0.1, 0.15) is 74.7 Å². The quantitative estimate of drug-likeness (QED) is 0.105. The highest BCUT2D eigenvalue weighted by Gasteiger charge is 2.38. The number of hydrogen-bond acceptors (Lipinski definition) is 6. The van der Waals surface area contributed by atoms with Crippen molar-refractivity contribution in [1.82, 2.24) is 9.62 Å². The summed E-state index contributed by atoms with van der Waals surface area (Å²) in [6.45, 7) is 23.3. The summed E-state index contributed by atoms with van der Waals surface area (Å²) >= 11 is 1.70. The Balaban J connectivity index is -0.000000286. The third-order valence-electron chi connectivity index (χ3n) is 5.67. The van der Waals surface area contributed by atoms with Crippen LogP contribution in [0.25, 0.3) is 0 Å². The van der Waals surface area contributed by atoms with Crippen molar-refractivity contribution in [2.75, 3.05) is 40.5 Å². The van der Waals surface area contributed by atoms with E-state index in [2.05, 4.69) is 62.7 Å². The molecule has 0 bridgehead atoms. The molecule has 2 N–H and O–H groups in total. The number of nitrogens with one attached hydrogen (secondary N) is 1. The van der Waals surface area contributed by atoms with Gasteiger partial charge in [-0.1, -0.05) is 58.9 Å². The first-order chi connectivity index (χ1) is 20.5. The number of benzene rings is 1. The van der Waals surface area contributed by atoms with Crippen LogP contribution in [0.5, 0.6) is 5.75 Å². The van der Waals surface area contributed by atoms with E-state index in [-0.39, 0.29) is 5.79 Å². The summed E-state index contributed by atoms with van der Waals surface area (Å²) in [6, 6.07) is 7.96. The summed E-state index contributed by atoms with van der Waals surface area (Å²) < 4.78 is 18.2. The first kappa shape index (κ1) is 47.1. The number of amides is 1. The zero-order valence-electron chi connectivity index (χ0n) is 28.5. The van der Waals surface area contributed by atoms with Gasteiger partial charge in [0, 0.05) is 37.6 Å². The number of methoxy groups -OCH3 is 2. The molecule has 1 saturated heterocycles. The van der Waals surface area contributed by atoms with Gasteiger partial charge in [0.1, 0.15) is 5.75 Å². The highest BCUT2D eigenvalue weighted by Crippen LogP contribution is 2.34.